The molecular weight excluding hydrogens is 256 g/mol. The summed E-state index contributed by atoms with van der Waals surface area (Å²) in [5, 5.41) is 11.8. The molecule has 0 aliphatic heterocycles. The number of carbonyl (C=O) groups is 2. The maximum absolute atomic E-state index is 12.0. The van der Waals surface area contributed by atoms with Crippen LogP contribution in [0.15, 0.2) is 43.0 Å². The maximum atomic E-state index is 12.0. The number of likely N-dealkylation sites (N-methyl/N-ethyl adjacent to an activating group) is 1. The van der Waals surface area contributed by atoms with E-state index < -0.39 is 18.0 Å². The highest BCUT2D eigenvalue weighted by Crippen LogP contribution is 2.04. The molecule has 0 aliphatic carbocycles. The number of nitrogens with one attached hydrogen (secondary N) is 1. The highest BCUT2D eigenvalue weighted by molar-refractivity contribution is 5.82. The van der Waals surface area contributed by atoms with Crippen LogP contribution >= 0.6 is 0 Å². The van der Waals surface area contributed by atoms with Gasteiger partial charge in [0.25, 0.3) is 0 Å². The average molecular weight is 276 g/mol. The minimum atomic E-state index is -1.04. The van der Waals surface area contributed by atoms with Gasteiger partial charge in [-0.3, -0.25) is 0 Å². The van der Waals surface area contributed by atoms with Crippen LogP contribution < -0.4 is 5.32 Å². The SMILES string of the molecule is C=CCN(CC)C(=O)N[C@@H](Cc1ccccc1)C(=O)O. The van der Waals surface area contributed by atoms with Crippen molar-refractivity contribution in [2.45, 2.75) is 19.4 Å². The van der Waals surface area contributed by atoms with Gasteiger partial charge in [-0.15, -0.1) is 6.58 Å². The van der Waals surface area contributed by atoms with E-state index in [1.165, 1.54) is 4.90 Å². The van der Waals surface area contributed by atoms with Gasteiger partial charge in [0.1, 0.15) is 6.04 Å². The molecule has 0 saturated carbocycles. The zero-order valence-corrected chi connectivity index (χ0v) is 11.6. The number of nitrogens with zero attached hydrogens (tertiary/aromatic N) is 1. The van der Waals surface area contributed by atoms with Gasteiger partial charge in [0.15, 0.2) is 0 Å². The third-order valence-corrected chi connectivity index (χ3v) is 2.90. The Hall–Kier alpha value is -2.30. The van der Waals surface area contributed by atoms with Gasteiger partial charge in [-0.2, -0.15) is 0 Å². The summed E-state index contributed by atoms with van der Waals surface area (Å²) >= 11 is 0. The molecule has 0 aliphatic rings. The fourth-order valence-corrected chi connectivity index (χ4v) is 1.80. The Labute approximate surface area is 118 Å². The number of benzene rings is 1. The van der Waals surface area contributed by atoms with E-state index in [1.807, 2.05) is 37.3 Å². The third kappa shape index (κ3) is 4.76. The number of urea groups is 1. The molecule has 0 saturated heterocycles. The molecule has 1 aromatic rings. The Morgan fingerprint density at radius 1 is 1.40 bits per heavy atom. The van der Waals surface area contributed by atoms with Crippen molar-refractivity contribution >= 4 is 12.0 Å². The number of hydrogen-bond acceptors (Lipinski definition) is 2. The lowest BCUT2D eigenvalue weighted by atomic mass is 10.1. The summed E-state index contributed by atoms with van der Waals surface area (Å²) in [7, 11) is 0. The first-order chi connectivity index (χ1) is 9.58. The summed E-state index contributed by atoms with van der Waals surface area (Å²) in [6, 6.07) is 7.88. The Kier molecular flexibility index (Phi) is 6.29. The number of rotatable bonds is 7. The van der Waals surface area contributed by atoms with E-state index in [-0.39, 0.29) is 6.42 Å². The van der Waals surface area contributed by atoms with Gasteiger partial charge in [-0.25, -0.2) is 9.59 Å². The van der Waals surface area contributed by atoms with Crippen molar-refractivity contribution in [1.29, 1.82) is 0 Å². The number of amides is 2. The molecule has 20 heavy (non-hydrogen) atoms. The second kappa shape index (κ2) is 7.99. The largest absolute Gasteiger partial charge is 0.480 e. The van der Waals surface area contributed by atoms with Crippen LogP contribution in [0.5, 0.6) is 0 Å². The lowest BCUT2D eigenvalue weighted by Crippen LogP contribution is -2.48. The van der Waals surface area contributed by atoms with Crippen molar-refractivity contribution in [2.24, 2.45) is 0 Å². The first-order valence-electron chi connectivity index (χ1n) is 6.51. The van der Waals surface area contributed by atoms with Gasteiger partial charge in [-0.1, -0.05) is 36.4 Å². The van der Waals surface area contributed by atoms with Crippen LogP contribution in [-0.4, -0.2) is 41.1 Å². The summed E-state index contributed by atoms with van der Waals surface area (Å²) in [5.41, 5.74) is 0.868. The van der Waals surface area contributed by atoms with Crippen molar-refractivity contribution in [2.75, 3.05) is 13.1 Å². The van der Waals surface area contributed by atoms with Gasteiger partial charge in [-0.05, 0) is 12.5 Å². The fraction of sp³-hybridized carbons (Fsp3) is 0.333. The normalized spacial score (nSPS) is 11.4. The van der Waals surface area contributed by atoms with Gasteiger partial charge in [0.2, 0.25) is 0 Å². The molecule has 1 aromatic carbocycles. The molecule has 5 nitrogen and oxygen atoms in total. The number of aliphatic carboxylic acids is 1. The Bertz CT molecular complexity index is 459. The monoisotopic (exact) mass is 276 g/mol. The van der Waals surface area contributed by atoms with Gasteiger partial charge in [0, 0.05) is 19.5 Å². The molecule has 2 amide bonds. The predicted molar refractivity (Wildman–Crippen MR) is 77.5 cm³/mol. The van der Waals surface area contributed by atoms with Gasteiger partial charge in [0.05, 0.1) is 0 Å². The molecule has 1 atom stereocenters. The van der Waals surface area contributed by atoms with Crippen LogP contribution in [0.4, 0.5) is 4.79 Å². The maximum Gasteiger partial charge on any atom is 0.326 e. The molecule has 2 N–H and O–H groups in total. The van der Waals surface area contributed by atoms with Crippen LogP contribution in [0, 0.1) is 0 Å². The van der Waals surface area contributed by atoms with E-state index in [1.54, 1.807) is 6.08 Å². The minimum Gasteiger partial charge on any atom is -0.480 e. The minimum absolute atomic E-state index is 0.257. The first-order valence-corrected chi connectivity index (χ1v) is 6.51. The van der Waals surface area contributed by atoms with Crippen molar-refractivity contribution in [3.05, 3.63) is 48.6 Å². The second-order valence-electron chi connectivity index (χ2n) is 4.36. The molecule has 108 valence electrons. The van der Waals surface area contributed by atoms with Crippen LogP contribution in [0.1, 0.15) is 12.5 Å². The number of hydrogen-bond donors (Lipinski definition) is 2. The zero-order valence-electron chi connectivity index (χ0n) is 11.6. The molecule has 0 bridgehead atoms. The van der Waals surface area contributed by atoms with Crippen molar-refractivity contribution in [1.82, 2.24) is 10.2 Å². The molecule has 0 spiro atoms. The highest BCUT2D eigenvalue weighted by Gasteiger charge is 2.22. The smallest absolute Gasteiger partial charge is 0.326 e. The van der Waals surface area contributed by atoms with E-state index in [0.29, 0.717) is 13.1 Å². The molecule has 0 aromatic heterocycles. The Morgan fingerprint density at radius 3 is 2.55 bits per heavy atom. The summed E-state index contributed by atoms with van der Waals surface area (Å²) < 4.78 is 0. The van der Waals surface area contributed by atoms with Crippen molar-refractivity contribution in [3.63, 3.8) is 0 Å². The van der Waals surface area contributed by atoms with E-state index in [2.05, 4.69) is 11.9 Å². The number of carboxylic acid groups (broad SMARTS) is 1. The third-order valence-electron chi connectivity index (χ3n) is 2.90. The van der Waals surface area contributed by atoms with E-state index in [4.69, 9.17) is 0 Å². The average Bonchev–Trinajstić information content (AvgIpc) is 2.44. The summed E-state index contributed by atoms with van der Waals surface area (Å²) in [4.78, 5) is 24.7. The van der Waals surface area contributed by atoms with E-state index >= 15 is 0 Å². The van der Waals surface area contributed by atoms with Crippen LogP contribution in [0.25, 0.3) is 0 Å². The molecule has 0 unspecified atom stereocenters. The summed E-state index contributed by atoms with van der Waals surface area (Å²) in [6.07, 6.45) is 1.86. The van der Waals surface area contributed by atoms with Crippen molar-refractivity contribution < 1.29 is 14.7 Å². The quantitative estimate of drug-likeness (QED) is 0.747. The standard InChI is InChI=1S/C15H20N2O3/c1-3-10-17(4-2)15(20)16-13(14(18)19)11-12-8-6-5-7-9-12/h3,5-9,13H,1,4,10-11H2,2H3,(H,16,20)(H,18,19)/t13-/m0/s1. The highest BCUT2D eigenvalue weighted by atomic mass is 16.4. The lowest BCUT2D eigenvalue weighted by Gasteiger charge is -2.22. The number of carbonyl (C=O) groups excluding carboxylic acids is 1. The number of carboxylic acids is 1. The Balaban J connectivity index is 2.70. The molecular formula is C15H20N2O3. The zero-order chi connectivity index (χ0) is 15.0. The lowest BCUT2D eigenvalue weighted by molar-refractivity contribution is -0.139. The molecule has 1 rings (SSSR count). The van der Waals surface area contributed by atoms with Gasteiger partial charge >= 0.3 is 12.0 Å². The van der Waals surface area contributed by atoms with E-state index in [0.717, 1.165) is 5.56 Å². The first kappa shape index (κ1) is 15.8. The van der Waals surface area contributed by atoms with Crippen LogP contribution in [0.3, 0.4) is 0 Å². The van der Waals surface area contributed by atoms with Crippen LogP contribution in [0.2, 0.25) is 0 Å². The van der Waals surface area contributed by atoms with Crippen LogP contribution in [-0.2, 0) is 11.2 Å². The molecule has 5 heteroatoms. The van der Waals surface area contributed by atoms with Crippen molar-refractivity contribution in [3.8, 4) is 0 Å². The van der Waals surface area contributed by atoms with E-state index in [9.17, 15) is 14.7 Å². The molecule has 0 fully saturated rings. The fourth-order valence-electron chi connectivity index (χ4n) is 1.80. The summed E-state index contributed by atoms with van der Waals surface area (Å²) in [6.45, 7) is 6.29. The van der Waals surface area contributed by atoms with Gasteiger partial charge < -0.3 is 15.3 Å². The summed E-state index contributed by atoms with van der Waals surface area (Å²) in [5.74, 6) is -1.04. The molecule has 0 heterocycles. The second-order valence-corrected chi connectivity index (χ2v) is 4.36. The molecule has 0 radical (unpaired) electrons. The Morgan fingerprint density at radius 2 is 2.05 bits per heavy atom. The predicted octanol–water partition coefficient (Wildman–Crippen LogP) is 1.90. The topological polar surface area (TPSA) is 69.6 Å².